The lowest BCUT2D eigenvalue weighted by Crippen LogP contribution is -2.56. The fourth-order valence-corrected chi connectivity index (χ4v) is 9.29. The Kier molecular flexibility index (Phi) is 18.6. The molecule has 66 heavy (non-hydrogen) atoms. The summed E-state index contributed by atoms with van der Waals surface area (Å²) in [6.07, 6.45) is 2.79. The van der Waals surface area contributed by atoms with Crippen molar-refractivity contribution in [2.24, 2.45) is 5.41 Å². The van der Waals surface area contributed by atoms with Gasteiger partial charge in [-0.2, -0.15) is 4.98 Å². The number of aliphatic hydroxyl groups excluding tert-OH is 1. The van der Waals surface area contributed by atoms with E-state index in [9.17, 15) is 27.9 Å². The minimum absolute atomic E-state index is 0.0626. The molecular weight excluding hydrogens is 890 g/mol. The second kappa shape index (κ2) is 23.4. The highest BCUT2D eigenvalue weighted by Gasteiger charge is 2.40. The number of piperidine rings is 1. The molecule has 2 aliphatic rings. The number of nitrogens with one attached hydrogen (secondary N) is 3. The van der Waals surface area contributed by atoms with Crippen molar-refractivity contribution in [2.45, 2.75) is 122 Å². The van der Waals surface area contributed by atoms with Crippen LogP contribution in [-0.4, -0.2) is 140 Å². The number of halogens is 1. The lowest BCUT2D eigenvalue weighted by molar-refractivity contribution is -0.141. The molecular formula is C47H68ClN7O10S. The van der Waals surface area contributed by atoms with Gasteiger partial charge in [0.25, 0.3) is 0 Å². The molecule has 2 saturated heterocycles. The van der Waals surface area contributed by atoms with E-state index < -0.39 is 38.6 Å². The summed E-state index contributed by atoms with van der Waals surface area (Å²) in [6.45, 7) is 18.7. The van der Waals surface area contributed by atoms with E-state index in [-0.39, 0.29) is 97.7 Å². The molecule has 3 aromatic rings. The molecule has 0 radical (unpaired) electrons. The average molecular weight is 959 g/mol. The van der Waals surface area contributed by atoms with Crippen LogP contribution in [0.4, 0.5) is 23.1 Å². The molecule has 0 unspecified atom stereocenters. The maximum Gasteiger partial charge on any atom is 0.248 e. The molecule has 0 saturated carbocycles. The first kappa shape index (κ1) is 52.4. The first-order valence-corrected chi connectivity index (χ1v) is 24.6. The van der Waals surface area contributed by atoms with Crippen LogP contribution in [0.25, 0.3) is 0 Å². The second-order valence-corrected chi connectivity index (χ2v) is 21.4. The van der Waals surface area contributed by atoms with Crippen molar-refractivity contribution in [3.05, 3.63) is 58.7 Å². The number of aryl methyl sites for hydroxylation is 1. The first-order valence-electron chi connectivity index (χ1n) is 22.6. The van der Waals surface area contributed by atoms with Gasteiger partial charge in [0.15, 0.2) is 15.7 Å². The molecule has 1 aromatic heterocycles. The number of aromatic nitrogens is 2. The highest BCUT2D eigenvalue weighted by Crippen LogP contribution is 2.39. The highest BCUT2D eigenvalue weighted by atomic mass is 35.5. The van der Waals surface area contributed by atoms with Crippen LogP contribution in [0.2, 0.25) is 5.02 Å². The summed E-state index contributed by atoms with van der Waals surface area (Å²) in [7, 11) is -3.59. The van der Waals surface area contributed by atoms with Crippen molar-refractivity contribution < 1.29 is 46.9 Å². The number of hydrogen-bond acceptors (Lipinski definition) is 14. The van der Waals surface area contributed by atoms with Crippen molar-refractivity contribution in [3.63, 3.8) is 0 Å². The maximum atomic E-state index is 13.2. The minimum atomic E-state index is -3.59. The number of hydrogen-bond donors (Lipinski definition) is 4. The number of benzene rings is 2. The zero-order valence-corrected chi connectivity index (χ0v) is 41.3. The Morgan fingerprint density at radius 1 is 0.939 bits per heavy atom. The van der Waals surface area contributed by atoms with Gasteiger partial charge in [-0.05, 0) is 108 Å². The lowest BCUT2D eigenvalue weighted by Gasteiger charge is -2.35. The quantitative estimate of drug-likeness (QED) is 0.0882. The molecule has 2 aromatic carbocycles. The normalized spacial score (nSPS) is 17.6. The Morgan fingerprint density at radius 2 is 1.59 bits per heavy atom. The molecule has 2 fully saturated rings. The second-order valence-electron chi connectivity index (χ2n) is 18.6. The van der Waals surface area contributed by atoms with E-state index in [0.717, 1.165) is 24.0 Å². The number of β-amino-alcohol motifs (C(OH)–C–C–N with tert-alkyl or cyclic N) is 1. The van der Waals surface area contributed by atoms with Crippen LogP contribution in [-0.2, 0) is 38.4 Å². The topological polar surface area (TPSA) is 211 Å². The monoisotopic (exact) mass is 957 g/mol. The van der Waals surface area contributed by atoms with Crippen molar-refractivity contribution in [2.75, 3.05) is 69.9 Å². The Morgan fingerprint density at radius 3 is 2.21 bits per heavy atom. The number of rotatable bonds is 21. The van der Waals surface area contributed by atoms with Crippen LogP contribution in [0.15, 0.2) is 47.5 Å². The van der Waals surface area contributed by atoms with E-state index in [2.05, 4.69) is 25.9 Å². The molecule has 3 heterocycles. The molecule has 0 aliphatic carbocycles. The van der Waals surface area contributed by atoms with Gasteiger partial charge < -0.3 is 49.8 Å². The lowest BCUT2D eigenvalue weighted by atomic mass is 9.85. The summed E-state index contributed by atoms with van der Waals surface area (Å²) in [6, 6.07) is 9.79. The molecule has 5 rings (SSSR count). The fraction of sp³-hybridized carbons (Fsp3) is 0.596. The predicted molar refractivity (Wildman–Crippen MR) is 254 cm³/mol. The number of sulfone groups is 1. The summed E-state index contributed by atoms with van der Waals surface area (Å²) in [4.78, 5) is 51.5. The number of para-hydroxylation sites is 1. The standard InChI is InChI=1S/C47H68ClN7O10S/c1-29(2)65-39-24-35(31(5)22-38(39)51-46-49-25-36(48)44(53-46)50-37-12-10-11-13-40(37)66(60,61)30(3)4)33-14-16-54(17-15-33)42(58)28-64-21-19-62-18-20-63-27-41(57)52-43(47(7,8)9)45(59)55-26-34(56)23-32(55)6/h10-13,22,24-25,29-30,32-34,43,56H,14-21,23,26-28H2,1-9H3,(H,52,57)(H2,49,50,51,53)/t32-,34-,43-/m1/s1. The minimum Gasteiger partial charge on any atom is -0.489 e. The molecule has 0 spiro atoms. The van der Waals surface area contributed by atoms with E-state index in [0.29, 0.717) is 36.6 Å². The molecule has 0 bridgehead atoms. The van der Waals surface area contributed by atoms with Crippen molar-refractivity contribution in [1.29, 1.82) is 0 Å². The molecule has 2 aliphatic heterocycles. The highest BCUT2D eigenvalue weighted by molar-refractivity contribution is 7.92. The molecule has 19 heteroatoms. The van der Waals surface area contributed by atoms with E-state index in [1.807, 2.05) is 65.5 Å². The predicted octanol–water partition coefficient (Wildman–Crippen LogP) is 6.16. The van der Waals surface area contributed by atoms with Gasteiger partial charge >= 0.3 is 0 Å². The van der Waals surface area contributed by atoms with E-state index in [4.69, 9.17) is 30.5 Å². The zero-order valence-electron chi connectivity index (χ0n) is 39.7. The van der Waals surface area contributed by atoms with Crippen molar-refractivity contribution in [1.82, 2.24) is 25.1 Å². The van der Waals surface area contributed by atoms with E-state index in [1.54, 1.807) is 43.0 Å². The summed E-state index contributed by atoms with van der Waals surface area (Å²) >= 11 is 6.50. The van der Waals surface area contributed by atoms with Gasteiger partial charge in [-0.15, -0.1) is 0 Å². The fourth-order valence-electron chi connectivity index (χ4n) is 7.95. The molecule has 4 N–H and O–H groups in total. The molecule has 364 valence electrons. The first-order chi connectivity index (χ1) is 31.1. The largest absolute Gasteiger partial charge is 0.489 e. The van der Waals surface area contributed by atoms with Gasteiger partial charge in [-0.3, -0.25) is 14.4 Å². The van der Waals surface area contributed by atoms with Gasteiger partial charge in [0.2, 0.25) is 23.7 Å². The van der Waals surface area contributed by atoms with Crippen LogP contribution < -0.4 is 20.7 Å². The summed E-state index contributed by atoms with van der Waals surface area (Å²) in [5.74, 6) is 0.560. The number of amides is 3. The Labute approximate surface area is 394 Å². The number of nitrogens with zero attached hydrogens (tertiary/aromatic N) is 4. The third kappa shape index (κ3) is 14.2. The summed E-state index contributed by atoms with van der Waals surface area (Å²) < 4.78 is 49.1. The van der Waals surface area contributed by atoms with Gasteiger partial charge in [0, 0.05) is 25.7 Å². The van der Waals surface area contributed by atoms with Gasteiger partial charge in [-0.1, -0.05) is 44.5 Å². The Bertz CT molecular complexity index is 2250. The van der Waals surface area contributed by atoms with Crippen LogP contribution in [0.1, 0.15) is 91.7 Å². The van der Waals surface area contributed by atoms with Crippen molar-refractivity contribution in [3.8, 4) is 5.75 Å². The summed E-state index contributed by atoms with van der Waals surface area (Å²) in [5.41, 5.74) is 2.63. The number of carbonyl (C=O) groups excluding carboxylic acids is 3. The number of likely N-dealkylation sites (tertiary alicyclic amines) is 2. The zero-order chi connectivity index (χ0) is 48.3. The number of ether oxygens (including phenoxy) is 4. The van der Waals surface area contributed by atoms with Gasteiger partial charge in [0.05, 0.1) is 66.4 Å². The van der Waals surface area contributed by atoms with Gasteiger partial charge in [-0.25, -0.2) is 13.4 Å². The Hall–Kier alpha value is -4.59. The molecule has 3 amide bonds. The number of anilines is 4. The maximum absolute atomic E-state index is 13.2. The van der Waals surface area contributed by atoms with E-state index in [1.165, 1.54) is 6.20 Å². The Balaban J connectivity index is 1.05. The smallest absolute Gasteiger partial charge is 0.248 e. The SMILES string of the molecule is Cc1cc(Nc2ncc(Cl)c(Nc3ccccc3S(=O)(=O)C(C)C)n2)c(OC(C)C)cc1C1CCN(C(=O)COCCOCCOCC(=O)N[C@H](C(=O)N2C[C@H](O)C[C@H]2C)C(C)(C)C)CC1. The third-order valence-electron chi connectivity index (χ3n) is 11.5. The number of carbonyl (C=O) groups is 3. The average Bonchev–Trinajstić information content (AvgIpc) is 3.60. The van der Waals surface area contributed by atoms with Crippen LogP contribution in [0, 0.1) is 12.3 Å². The van der Waals surface area contributed by atoms with Crippen LogP contribution >= 0.6 is 11.6 Å². The van der Waals surface area contributed by atoms with Crippen LogP contribution in [0.5, 0.6) is 5.75 Å². The van der Waals surface area contributed by atoms with Gasteiger partial charge in [0.1, 0.15) is 30.0 Å². The summed E-state index contributed by atoms with van der Waals surface area (Å²) in [5, 5.41) is 18.8. The molecule has 17 nitrogen and oxygen atoms in total. The van der Waals surface area contributed by atoms with Crippen LogP contribution in [0.3, 0.4) is 0 Å². The molecule has 3 atom stereocenters. The van der Waals surface area contributed by atoms with E-state index >= 15 is 0 Å². The number of aliphatic hydroxyl groups is 1. The third-order valence-corrected chi connectivity index (χ3v) is 14.0. The van der Waals surface area contributed by atoms with Crippen molar-refractivity contribution >= 4 is 62.3 Å².